The van der Waals surface area contributed by atoms with E-state index in [-0.39, 0.29) is 5.97 Å². The van der Waals surface area contributed by atoms with Gasteiger partial charge in [0, 0.05) is 0 Å². The SMILES string of the molecule is CCOC(=O)c1cnn(Cc2ccc(OC)cc2)c1I. The molecule has 2 rings (SSSR count). The highest BCUT2D eigenvalue weighted by atomic mass is 127. The summed E-state index contributed by atoms with van der Waals surface area (Å²) in [4.78, 5) is 11.7. The molecule has 106 valence electrons. The summed E-state index contributed by atoms with van der Waals surface area (Å²) in [6.45, 7) is 2.74. The van der Waals surface area contributed by atoms with Gasteiger partial charge in [0.2, 0.25) is 0 Å². The van der Waals surface area contributed by atoms with Crippen LogP contribution >= 0.6 is 22.6 Å². The van der Waals surface area contributed by atoms with E-state index in [1.807, 2.05) is 24.3 Å². The van der Waals surface area contributed by atoms with Crippen LogP contribution in [0.1, 0.15) is 22.8 Å². The van der Waals surface area contributed by atoms with Crippen LogP contribution in [0.5, 0.6) is 5.75 Å². The smallest absolute Gasteiger partial charge is 0.342 e. The van der Waals surface area contributed by atoms with E-state index in [1.165, 1.54) is 0 Å². The fourth-order valence-corrected chi connectivity index (χ4v) is 2.38. The second-order valence-corrected chi connectivity index (χ2v) is 5.10. The van der Waals surface area contributed by atoms with Crippen molar-refractivity contribution in [3.63, 3.8) is 0 Å². The molecule has 0 atom stereocenters. The molecule has 0 saturated heterocycles. The van der Waals surface area contributed by atoms with E-state index in [0.717, 1.165) is 15.0 Å². The third kappa shape index (κ3) is 3.30. The molecule has 0 aliphatic carbocycles. The second kappa shape index (κ2) is 6.74. The minimum absolute atomic E-state index is 0.335. The Kier molecular flexibility index (Phi) is 4.99. The Labute approximate surface area is 131 Å². The van der Waals surface area contributed by atoms with Crippen LogP contribution in [0.15, 0.2) is 30.5 Å². The zero-order valence-electron chi connectivity index (χ0n) is 11.3. The number of carbonyl (C=O) groups is 1. The van der Waals surface area contributed by atoms with Crippen LogP contribution in [0.3, 0.4) is 0 Å². The van der Waals surface area contributed by atoms with Crippen LogP contribution in [0.25, 0.3) is 0 Å². The lowest BCUT2D eigenvalue weighted by atomic mass is 10.2. The number of halogens is 1. The Balaban J connectivity index is 2.15. The molecular formula is C14H15IN2O3. The van der Waals surface area contributed by atoms with Crippen molar-refractivity contribution < 1.29 is 14.3 Å². The largest absolute Gasteiger partial charge is 0.497 e. The van der Waals surface area contributed by atoms with Crippen LogP contribution < -0.4 is 4.74 Å². The number of esters is 1. The molecule has 20 heavy (non-hydrogen) atoms. The van der Waals surface area contributed by atoms with E-state index in [4.69, 9.17) is 9.47 Å². The highest BCUT2D eigenvalue weighted by Crippen LogP contribution is 2.16. The normalized spacial score (nSPS) is 10.3. The highest BCUT2D eigenvalue weighted by molar-refractivity contribution is 14.1. The molecule has 0 fully saturated rings. The van der Waals surface area contributed by atoms with Gasteiger partial charge in [0.05, 0.1) is 26.5 Å². The number of ether oxygens (including phenoxy) is 2. The summed E-state index contributed by atoms with van der Waals surface area (Å²) in [6, 6.07) is 7.75. The molecule has 5 nitrogen and oxygen atoms in total. The number of aromatic nitrogens is 2. The first-order valence-corrected chi connectivity index (χ1v) is 7.25. The zero-order chi connectivity index (χ0) is 14.5. The van der Waals surface area contributed by atoms with Crippen molar-refractivity contribution in [3.8, 4) is 5.75 Å². The van der Waals surface area contributed by atoms with Gasteiger partial charge in [0.15, 0.2) is 0 Å². The molecule has 1 aromatic heterocycles. The molecule has 0 spiro atoms. The van der Waals surface area contributed by atoms with Crippen molar-refractivity contribution in [3.05, 3.63) is 45.3 Å². The summed E-state index contributed by atoms with van der Waals surface area (Å²) in [6.07, 6.45) is 1.54. The van der Waals surface area contributed by atoms with Crippen molar-refractivity contribution in [2.45, 2.75) is 13.5 Å². The average molecular weight is 386 g/mol. The molecule has 6 heteroatoms. The number of hydrogen-bond acceptors (Lipinski definition) is 4. The maximum Gasteiger partial charge on any atom is 0.342 e. The van der Waals surface area contributed by atoms with Gasteiger partial charge in [-0.05, 0) is 47.2 Å². The lowest BCUT2D eigenvalue weighted by Gasteiger charge is -2.06. The number of rotatable bonds is 5. The first kappa shape index (κ1) is 14.8. The lowest BCUT2D eigenvalue weighted by Crippen LogP contribution is -2.08. The van der Waals surface area contributed by atoms with Gasteiger partial charge in [-0.2, -0.15) is 5.10 Å². The Morgan fingerprint density at radius 2 is 2.05 bits per heavy atom. The van der Waals surface area contributed by atoms with E-state index in [0.29, 0.717) is 18.7 Å². The molecule has 0 bridgehead atoms. The van der Waals surface area contributed by atoms with Gasteiger partial charge in [0.1, 0.15) is 15.0 Å². The molecular weight excluding hydrogens is 371 g/mol. The monoisotopic (exact) mass is 386 g/mol. The van der Waals surface area contributed by atoms with Crippen molar-refractivity contribution in [2.75, 3.05) is 13.7 Å². The van der Waals surface area contributed by atoms with Gasteiger partial charge in [-0.3, -0.25) is 4.68 Å². The summed E-state index contributed by atoms with van der Waals surface area (Å²) in [5.74, 6) is 0.481. The molecule has 0 N–H and O–H groups in total. The number of benzene rings is 1. The first-order chi connectivity index (χ1) is 9.65. The third-order valence-corrected chi connectivity index (χ3v) is 3.90. The molecule has 1 heterocycles. The van der Waals surface area contributed by atoms with E-state index >= 15 is 0 Å². The van der Waals surface area contributed by atoms with Gasteiger partial charge in [-0.25, -0.2) is 4.79 Å². The standard InChI is InChI=1S/C14H15IN2O3/c1-3-20-14(18)12-8-16-17(13(12)15)9-10-4-6-11(19-2)7-5-10/h4-8H,3,9H2,1-2H3. The summed E-state index contributed by atoms with van der Waals surface area (Å²) in [5.41, 5.74) is 1.59. The van der Waals surface area contributed by atoms with Crippen molar-refractivity contribution >= 4 is 28.6 Å². The number of nitrogens with zero attached hydrogens (tertiary/aromatic N) is 2. The first-order valence-electron chi connectivity index (χ1n) is 6.17. The predicted octanol–water partition coefficient (Wildman–Crippen LogP) is 2.72. The summed E-state index contributed by atoms with van der Waals surface area (Å²) < 4.78 is 12.7. The fraction of sp³-hybridized carbons (Fsp3) is 0.286. The Hall–Kier alpha value is -1.57. The molecule has 1 aromatic carbocycles. The topological polar surface area (TPSA) is 53.3 Å². The zero-order valence-corrected chi connectivity index (χ0v) is 13.5. The van der Waals surface area contributed by atoms with Crippen LogP contribution in [0.2, 0.25) is 0 Å². The molecule has 0 unspecified atom stereocenters. The fourth-order valence-electron chi connectivity index (χ4n) is 1.73. The van der Waals surface area contributed by atoms with Crippen LogP contribution in [0.4, 0.5) is 0 Å². The minimum atomic E-state index is -0.335. The summed E-state index contributed by atoms with van der Waals surface area (Å²) >= 11 is 2.11. The number of hydrogen-bond donors (Lipinski definition) is 0. The summed E-state index contributed by atoms with van der Waals surface area (Å²) in [5, 5.41) is 4.23. The average Bonchev–Trinajstić information content (AvgIpc) is 2.81. The summed E-state index contributed by atoms with van der Waals surface area (Å²) in [7, 11) is 1.64. The van der Waals surface area contributed by atoms with Gasteiger partial charge in [-0.15, -0.1) is 0 Å². The Bertz CT molecular complexity index is 593. The van der Waals surface area contributed by atoms with Gasteiger partial charge >= 0.3 is 5.97 Å². The maximum atomic E-state index is 11.7. The van der Waals surface area contributed by atoms with Crippen molar-refractivity contribution in [1.82, 2.24) is 9.78 Å². The number of methoxy groups -OCH3 is 1. The number of carbonyl (C=O) groups excluding carboxylic acids is 1. The van der Waals surface area contributed by atoms with Crippen molar-refractivity contribution in [2.24, 2.45) is 0 Å². The van der Waals surface area contributed by atoms with Gasteiger partial charge < -0.3 is 9.47 Å². The van der Waals surface area contributed by atoms with Crippen molar-refractivity contribution in [1.29, 1.82) is 0 Å². The van der Waals surface area contributed by atoms with Crippen LogP contribution in [-0.2, 0) is 11.3 Å². The quantitative estimate of drug-likeness (QED) is 0.586. The third-order valence-electron chi connectivity index (χ3n) is 2.76. The minimum Gasteiger partial charge on any atom is -0.497 e. The molecule has 0 amide bonds. The van der Waals surface area contributed by atoms with Gasteiger partial charge in [0.25, 0.3) is 0 Å². The Morgan fingerprint density at radius 1 is 1.35 bits per heavy atom. The van der Waals surface area contributed by atoms with E-state index in [1.54, 1.807) is 24.9 Å². The van der Waals surface area contributed by atoms with E-state index < -0.39 is 0 Å². The van der Waals surface area contributed by atoms with Crippen LogP contribution in [-0.4, -0.2) is 29.5 Å². The highest BCUT2D eigenvalue weighted by Gasteiger charge is 2.16. The molecule has 0 aliphatic heterocycles. The Morgan fingerprint density at radius 3 is 2.65 bits per heavy atom. The second-order valence-electron chi connectivity index (χ2n) is 4.08. The molecule has 0 aliphatic rings. The molecule has 0 radical (unpaired) electrons. The molecule has 2 aromatic rings. The maximum absolute atomic E-state index is 11.7. The predicted molar refractivity (Wildman–Crippen MR) is 83.0 cm³/mol. The lowest BCUT2D eigenvalue weighted by molar-refractivity contribution is 0.0525. The van der Waals surface area contributed by atoms with Crippen LogP contribution in [0, 0.1) is 3.70 Å². The van der Waals surface area contributed by atoms with E-state index in [9.17, 15) is 4.79 Å². The van der Waals surface area contributed by atoms with E-state index in [2.05, 4.69) is 27.7 Å². The molecule has 0 saturated carbocycles. The van der Waals surface area contributed by atoms with Gasteiger partial charge in [-0.1, -0.05) is 12.1 Å².